The molecular formula is C12H16ClN3. The second-order valence-corrected chi connectivity index (χ2v) is 5.01. The van der Waals surface area contributed by atoms with E-state index in [2.05, 4.69) is 15.2 Å². The number of halogens is 1. The Morgan fingerprint density at radius 2 is 2.12 bits per heavy atom. The Morgan fingerprint density at radius 3 is 2.94 bits per heavy atom. The van der Waals surface area contributed by atoms with Crippen LogP contribution in [0.4, 0.5) is 11.4 Å². The van der Waals surface area contributed by atoms with E-state index >= 15 is 0 Å². The molecule has 1 saturated carbocycles. The van der Waals surface area contributed by atoms with Crippen molar-refractivity contribution >= 4 is 23.0 Å². The largest absolute Gasteiger partial charge is 0.365 e. The van der Waals surface area contributed by atoms with Crippen molar-refractivity contribution in [2.45, 2.75) is 38.1 Å². The van der Waals surface area contributed by atoms with Crippen LogP contribution in [0, 0.1) is 0 Å². The molecule has 3 nitrogen and oxygen atoms in total. The van der Waals surface area contributed by atoms with Crippen molar-refractivity contribution < 1.29 is 0 Å². The topological polar surface area (TPSA) is 28.2 Å². The van der Waals surface area contributed by atoms with E-state index in [1.165, 1.54) is 37.8 Å². The summed E-state index contributed by atoms with van der Waals surface area (Å²) in [6.07, 6.45) is 8.55. The highest BCUT2D eigenvalue weighted by Gasteiger charge is 2.27. The summed E-state index contributed by atoms with van der Waals surface area (Å²) in [6, 6.07) is 2.66. The Kier molecular flexibility index (Phi) is 2.64. The molecule has 0 radical (unpaired) electrons. The highest BCUT2D eigenvalue weighted by Crippen LogP contribution is 2.36. The van der Waals surface area contributed by atoms with Crippen LogP contribution in [-0.4, -0.2) is 17.7 Å². The molecule has 3 rings (SSSR count). The molecule has 16 heavy (non-hydrogen) atoms. The number of hydrogen-bond donors (Lipinski definition) is 1. The van der Waals surface area contributed by atoms with Crippen LogP contribution in [0.15, 0.2) is 12.3 Å². The van der Waals surface area contributed by atoms with Gasteiger partial charge in [0.15, 0.2) is 0 Å². The van der Waals surface area contributed by atoms with E-state index in [1.807, 2.05) is 12.3 Å². The zero-order valence-electron chi connectivity index (χ0n) is 9.25. The molecule has 0 saturated heterocycles. The Bertz CT molecular complexity index is 388. The molecule has 1 N–H and O–H groups in total. The Morgan fingerprint density at radius 1 is 1.31 bits per heavy atom. The van der Waals surface area contributed by atoms with Crippen LogP contribution in [0.3, 0.4) is 0 Å². The molecule has 0 aromatic carbocycles. The van der Waals surface area contributed by atoms with Gasteiger partial charge in [0, 0.05) is 12.1 Å². The highest BCUT2D eigenvalue weighted by atomic mass is 35.5. The van der Waals surface area contributed by atoms with Gasteiger partial charge < -0.3 is 10.2 Å². The first-order valence-electron chi connectivity index (χ1n) is 6.00. The summed E-state index contributed by atoms with van der Waals surface area (Å²) in [7, 11) is 0. The fourth-order valence-electron chi connectivity index (χ4n) is 2.77. The Balaban J connectivity index is 1.86. The molecule has 1 aliphatic heterocycles. The van der Waals surface area contributed by atoms with Gasteiger partial charge in [-0.15, -0.1) is 0 Å². The lowest BCUT2D eigenvalue weighted by Crippen LogP contribution is -2.36. The minimum absolute atomic E-state index is 0.586. The number of nitrogens with zero attached hydrogens (tertiary/aromatic N) is 2. The molecule has 0 spiro atoms. The van der Waals surface area contributed by atoms with Crippen LogP contribution in [0.1, 0.15) is 32.1 Å². The zero-order chi connectivity index (χ0) is 11.0. The van der Waals surface area contributed by atoms with Gasteiger partial charge in [-0.1, -0.05) is 30.9 Å². The fourth-order valence-corrected chi connectivity index (χ4v) is 2.92. The van der Waals surface area contributed by atoms with Crippen molar-refractivity contribution in [2.75, 3.05) is 16.9 Å². The normalized spacial score (nSPS) is 20.7. The SMILES string of the molecule is Clc1cc2c(cn1)NCN2C1CCCCC1. The molecule has 2 aliphatic rings. The maximum atomic E-state index is 5.96. The van der Waals surface area contributed by atoms with Gasteiger partial charge in [0.05, 0.1) is 24.2 Å². The van der Waals surface area contributed by atoms with E-state index in [4.69, 9.17) is 11.6 Å². The molecule has 1 aromatic rings. The molecule has 1 aromatic heterocycles. The van der Waals surface area contributed by atoms with Crippen molar-refractivity contribution in [3.05, 3.63) is 17.4 Å². The molecule has 86 valence electrons. The maximum absolute atomic E-state index is 5.96. The predicted octanol–water partition coefficient (Wildman–Crippen LogP) is 3.26. The quantitative estimate of drug-likeness (QED) is 0.760. The second kappa shape index (κ2) is 4.13. The van der Waals surface area contributed by atoms with Crippen LogP contribution in [0.5, 0.6) is 0 Å². The third kappa shape index (κ3) is 1.73. The molecule has 0 bridgehead atoms. The smallest absolute Gasteiger partial charge is 0.131 e. The van der Waals surface area contributed by atoms with Crippen molar-refractivity contribution in [2.24, 2.45) is 0 Å². The van der Waals surface area contributed by atoms with Gasteiger partial charge in [-0.05, 0) is 12.8 Å². The average molecular weight is 238 g/mol. The summed E-state index contributed by atoms with van der Waals surface area (Å²) in [5.74, 6) is 0. The van der Waals surface area contributed by atoms with Crippen molar-refractivity contribution in [1.82, 2.24) is 4.98 Å². The summed E-state index contributed by atoms with van der Waals surface area (Å²) in [4.78, 5) is 6.55. The lowest BCUT2D eigenvalue weighted by atomic mass is 9.94. The van der Waals surface area contributed by atoms with E-state index in [0.717, 1.165) is 12.4 Å². The average Bonchev–Trinajstić information content (AvgIpc) is 2.73. The first kappa shape index (κ1) is 10.2. The lowest BCUT2D eigenvalue weighted by Gasteiger charge is -2.32. The second-order valence-electron chi connectivity index (χ2n) is 4.62. The summed E-state index contributed by atoms with van der Waals surface area (Å²) in [5.41, 5.74) is 2.35. The van der Waals surface area contributed by atoms with E-state index in [0.29, 0.717) is 11.2 Å². The number of anilines is 2. The van der Waals surface area contributed by atoms with Crippen LogP contribution >= 0.6 is 11.6 Å². The van der Waals surface area contributed by atoms with Crippen LogP contribution in [0.2, 0.25) is 5.15 Å². The van der Waals surface area contributed by atoms with Crippen LogP contribution < -0.4 is 10.2 Å². The predicted molar refractivity (Wildman–Crippen MR) is 67.1 cm³/mol. The molecule has 2 heterocycles. The molecule has 1 aliphatic carbocycles. The standard InChI is InChI=1S/C12H16ClN3/c13-12-6-11-10(7-14-12)15-8-16(11)9-4-2-1-3-5-9/h6-7,9,15H,1-5,8H2. The highest BCUT2D eigenvalue weighted by molar-refractivity contribution is 6.29. The Labute approximate surface area is 101 Å². The third-order valence-corrected chi connectivity index (χ3v) is 3.82. The number of aromatic nitrogens is 1. The van der Waals surface area contributed by atoms with Gasteiger partial charge in [-0.25, -0.2) is 4.98 Å². The fraction of sp³-hybridized carbons (Fsp3) is 0.583. The van der Waals surface area contributed by atoms with E-state index in [9.17, 15) is 0 Å². The molecule has 0 atom stereocenters. The monoisotopic (exact) mass is 237 g/mol. The van der Waals surface area contributed by atoms with E-state index < -0.39 is 0 Å². The summed E-state index contributed by atoms with van der Waals surface area (Å²) in [6.45, 7) is 0.905. The van der Waals surface area contributed by atoms with Gasteiger partial charge in [-0.3, -0.25) is 0 Å². The van der Waals surface area contributed by atoms with Crippen molar-refractivity contribution in [3.8, 4) is 0 Å². The number of nitrogens with one attached hydrogen (secondary N) is 1. The minimum Gasteiger partial charge on any atom is -0.365 e. The molecule has 1 fully saturated rings. The molecule has 0 unspecified atom stereocenters. The number of hydrogen-bond acceptors (Lipinski definition) is 3. The summed E-state index contributed by atoms with van der Waals surface area (Å²) >= 11 is 5.96. The first-order valence-corrected chi connectivity index (χ1v) is 6.38. The van der Waals surface area contributed by atoms with Gasteiger partial charge in [0.1, 0.15) is 5.15 Å². The molecule has 0 amide bonds. The van der Waals surface area contributed by atoms with Gasteiger partial charge in [0.2, 0.25) is 0 Å². The number of pyridine rings is 1. The zero-order valence-corrected chi connectivity index (χ0v) is 10.0. The van der Waals surface area contributed by atoms with Gasteiger partial charge >= 0.3 is 0 Å². The Hall–Kier alpha value is -0.960. The lowest BCUT2D eigenvalue weighted by molar-refractivity contribution is 0.422. The molecule has 4 heteroatoms. The van der Waals surface area contributed by atoms with Crippen molar-refractivity contribution in [1.29, 1.82) is 0 Å². The van der Waals surface area contributed by atoms with E-state index in [-0.39, 0.29) is 0 Å². The van der Waals surface area contributed by atoms with Crippen LogP contribution in [0.25, 0.3) is 0 Å². The van der Waals surface area contributed by atoms with Gasteiger partial charge in [-0.2, -0.15) is 0 Å². The van der Waals surface area contributed by atoms with Crippen molar-refractivity contribution in [3.63, 3.8) is 0 Å². The van der Waals surface area contributed by atoms with E-state index in [1.54, 1.807) is 0 Å². The van der Waals surface area contributed by atoms with Crippen LogP contribution in [-0.2, 0) is 0 Å². The van der Waals surface area contributed by atoms with Gasteiger partial charge in [0.25, 0.3) is 0 Å². The summed E-state index contributed by atoms with van der Waals surface area (Å²) in [5, 5.41) is 3.97. The maximum Gasteiger partial charge on any atom is 0.131 e. The molecular weight excluding hydrogens is 222 g/mol. The third-order valence-electron chi connectivity index (χ3n) is 3.61. The number of fused-ring (bicyclic) bond motifs is 1. The first-order chi connectivity index (χ1) is 7.84. The number of rotatable bonds is 1. The summed E-state index contributed by atoms with van der Waals surface area (Å²) < 4.78 is 0. The minimum atomic E-state index is 0.586.